The van der Waals surface area contributed by atoms with Crippen molar-refractivity contribution in [2.45, 2.75) is 111 Å². The fraction of sp³-hybridized carbons (Fsp3) is 0.739. The first-order valence-corrected chi connectivity index (χ1v) is 10.3. The number of rotatable bonds is 13. The topological polar surface area (TPSA) is 0 Å². The van der Waals surface area contributed by atoms with Crippen LogP contribution in [0.4, 0.5) is 0 Å². The Morgan fingerprint density at radius 2 is 1.35 bits per heavy atom. The molecule has 0 bridgehead atoms. The molecule has 0 heteroatoms. The summed E-state index contributed by atoms with van der Waals surface area (Å²) in [5.41, 5.74) is 4.71. The van der Waals surface area contributed by atoms with Crippen LogP contribution in [0.5, 0.6) is 0 Å². The molecule has 0 saturated carbocycles. The zero-order valence-electron chi connectivity index (χ0n) is 16.3. The normalized spacial score (nSPS) is 12.5. The summed E-state index contributed by atoms with van der Waals surface area (Å²) in [7, 11) is 0. The minimum Gasteiger partial charge on any atom is -0.0654 e. The van der Waals surface area contributed by atoms with Crippen LogP contribution in [-0.2, 0) is 6.42 Å². The summed E-state index contributed by atoms with van der Waals surface area (Å²) in [4.78, 5) is 0. The van der Waals surface area contributed by atoms with Gasteiger partial charge in [-0.2, -0.15) is 0 Å². The van der Waals surface area contributed by atoms with Crippen LogP contribution in [-0.4, -0.2) is 0 Å². The second-order valence-corrected chi connectivity index (χ2v) is 7.37. The van der Waals surface area contributed by atoms with Crippen LogP contribution in [0.15, 0.2) is 18.2 Å². The molecule has 132 valence electrons. The SMILES string of the molecule is CCCCCCCCCCCCc1cccc(C(C)CC)c1C. The standard InChI is InChI=1S/C23H40/c1-5-7-8-9-10-11-12-13-14-15-17-22-18-16-19-23(21(22)4)20(3)6-2/h16,18-20H,5-15,17H2,1-4H3. The van der Waals surface area contributed by atoms with Crippen molar-refractivity contribution in [1.82, 2.24) is 0 Å². The van der Waals surface area contributed by atoms with E-state index >= 15 is 0 Å². The van der Waals surface area contributed by atoms with Crippen LogP contribution in [0, 0.1) is 6.92 Å². The zero-order chi connectivity index (χ0) is 16.9. The van der Waals surface area contributed by atoms with Crippen LogP contribution < -0.4 is 0 Å². The van der Waals surface area contributed by atoms with Gasteiger partial charge in [0.2, 0.25) is 0 Å². The van der Waals surface area contributed by atoms with Crippen molar-refractivity contribution in [1.29, 1.82) is 0 Å². The molecular formula is C23H40. The van der Waals surface area contributed by atoms with E-state index in [0.29, 0.717) is 5.92 Å². The molecule has 0 aliphatic heterocycles. The fourth-order valence-electron chi connectivity index (χ4n) is 3.53. The van der Waals surface area contributed by atoms with Crippen LogP contribution in [0.2, 0.25) is 0 Å². The Hall–Kier alpha value is -0.780. The molecule has 1 atom stereocenters. The van der Waals surface area contributed by atoms with Crippen LogP contribution in [0.25, 0.3) is 0 Å². The highest BCUT2D eigenvalue weighted by atomic mass is 14.1. The molecule has 0 radical (unpaired) electrons. The largest absolute Gasteiger partial charge is 0.0654 e. The van der Waals surface area contributed by atoms with Crippen molar-refractivity contribution >= 4 is 0 Å². The number of aryl methyl sites for hydroxylation is 1. The van der Waals surface area contributed by atoms with E-state index in [2.05, 4.69) is 45.9 Å². The maximum atomic E-state index is 2.35. The highest BCUT2D eigenvalue weighted by molar-refractivity contribution is 5.36. The molecule has 0 nitrogen and oxygen atoms in total. The molecule has 23 heavy (non-hydrogen) atoms. The Kier molecular flexibility index (Phi) is 11.1. The van der Waals surface area contributed by atoms with Gasteiger partial charge >= 0.3 is 0 Å². The van der Waals surface area contributed by atoms with Gasteiger partial charge in [-0.25, -0.2) is 0 Å². The molecule has 0 amide bonds. The van der Waals surface area contributed by atoms with E-state index < -0.39 is 0 Å². The van der Waals surface area contributed by atoms with Gasteiger partial charge in [0.25, 0.3) is 0 Å². The van der Waals surface area contributed by atoms with E-state index in [-0.39, 0.29) is 0 Å². The average molecular weight is 317 g/mol. The van der Waals surface area contributed by atoms with Gasteiger partial charge < -0.3 is 0 Å². The molecule has 0 aliphatic carbocycles. The quantitative estimate of drug-likeness (QED) is 0.324. The molecule has 0 aliphatic rings. The summed E-state index contributed by atoms with van der Waals surface area (Å²) in [6, 6.07) is 6.93. The lowest BCUT2D eigenvalue weighted by atomic mass is 9.90. The first-order chi connectivity index (χ1) is 11.2. The first-order valence-electron chi connectivity index (χ1n) is 10.3. The molecule has 0 spiro atoms. The summed E-state index contributed by atoms with van der Waals surface area (Å²) in [5.74, 6) is 0.697. The summed E-state index contributed by atoms with van der Waals surface area (Å²) < 4.78 is 0. The van der Waals surface area contributed by atoms with E-state index in [1.54, 1.807) is 16.7 Å². The molecule has 1 unspecified atom stereocenters. The second kappa shape index (κ2) is 12.6. The van der Waals surface area contributed by atoms with E-state index in [1.807, 2.05) is 0 Å². The van der Waals surface area contributed by atoms with E-state index in [0.717, 1.165) is 0 Å². The minimum absolute atomic E-state index is 0.697. The number of hydrogen-bond acceptors (Lipinski definition) is 0. The van der Waals surface area contributed by atoms with Crippen molar-refractivity contribution in [2.75, 3.05) is 0 Å². The molecule has 1 aromatic rings. The minimum atomic E-state index is 0.697. The van der Waals surface area contributed by atoms with E-state index in [4.69, 9.17) is 0 Å². The highest BCUT2D eigenvalue weighted by Gasteiger charge is 2.09. The van der Waals surface area contributed by atoms with Gasteiger partial charge in [-0.1, -0.05) is 96.8 Å². The zero-order valence-corrected chi connectivity index (χ0v) is 16.3. The summed E-state index contributed by atoms with van der Waals surface area (Å²) in [6.07, 6.45) is 16.7. The number of hydrogen-bond donors (Lipinski definition) is 0. The Bertz CT molecular complexity index is 404. The maximum absolute atomic E-state index is 2.35. The Balaban J connectivity index is 2.16. The van der Waals surface area contributed by atoms with Gasteiger partial charge in [-0.05, 0) is 48.8 Å². The molecule has 0 fully saturated rings. The Morgan fingerprint density at radius 1 is 0.783 bits per heavy atom. The third-order valence-electron chi connectivity index (χ3n) is 5.43. The third-order valence-corrected chi connectivity index (χ3v) is 5.43. The van der Waals surface area contributed by atoms with Gasteiger partial charge in [-0.15, -0.1) is 0 Å². The maximum Gasteiger partial charge on any atom is -0.0190 e. The lowest BCUT2D eigenvalue weighted by Gasteiger charge is -2.16. The molecule has 1 rings (SSSR count). The van der Waals surface area contributed by atoms with Crippen molar-refractivity contribution in [2.24, 2.45) is 0 Å². The predicted molar refractivity (Wildman–Crippen MR) is 105 cm³/mol. The van der Waals surface area contributed by atoms with Gasteiger partial charge in [0.1, 0.15) is 0 Å². The van der Waals surface area contributed by atoms with Crippen molar-refractivity contribution < 1.29 is 0 Å². The van der Waals surface area contributed by atoms with Crippen LogP contribution >= 0.6 is 0 Å². The predicted octanol–water partition coefficient (Wildman–Crippen LogP) is 7.97. The first kappa shape index (κ1) is 20.3. The van der Waals surface area contributed by atoms with E-state index in [9.17, 15) is 0 Å². The van der Waals surface area contributed by atoms with Crippen molar-refractivity contribution in [3.05, 3.63) is 34.9 Å². The van der Waals surface area contributed by atoms with E-state index in [1.165, 1.54) is 77.0 Å². The molecule has 1 aromatic carbocycles. The summed E-state index contributed by atoms with van der Waals surface area (Å²) >= 11 is 0. The van der Waals surface area contributed by atoms with Crippen LogP contribution in [0.3, 0.4) is 0 Å². The highest BCUT2D eigenvalue weighted by Crippen LogP contribution is 2.25. The Labute approximate surface area is 146 Å². The molecular weight excluding hydrogens is 276 g/mol. The van der Waals surface area contributed by atoms with Gasteiger partial charge in [0.15, 0.2) is 0 Å². The monoisotopic (exact) mass is 316 g/mol. The third kappa shape index (κ3) is 8.04. The second-order valence-electron chi connectivity index (χ2n) is 7.37. The average Bonchev–Trinajstić information content (AvgIpc) is 2.57. The number of unbranched alkanes of at least 4 members (excludes halogenated alkanes) is 9. The van der Waals surface area contributed by atoms with Gasteiger partial charge in [0.05, 0.1) is 0 Å². The lowest BCUT2D eigenvalue weighted by Crippen LogP contribution is -1.99. The van der Waals surface area contributed by atoms with Gasteiger partial charge in [0, 0.05) is 0 Å². The van der Waals surface area contributed by atoms with Gasteiger partial charge in [-0.3, -0.25) is 0 Å². The van der Waals surface area contributed by atoms with Crippen molar-refractivity contribution in [3.63, 3.8) is 0 Å². The smallest absolute Gasteiger partial charge is 0.0190 e. The molecule has 0 saturated heterocycles. The lowest BCUT2D eigenvalue weighted by molar-refractivity contribution is 0.556. The number of benzene rings is 1. The molecule has 0 aromatic heterocycles. The van der Waals surface area contributed by atoms with Crippen molar-refractivity contribution in [3.8, 4) is 0 Å². The summed E-state index contributed by atoms with van der Waals surface area (Å²) in [6.45, 7) is 9.26. The molecule has 0 heterocycles. The fourth-order valence-corrected chi connectivity index (χ4v) is 3.53. The summed E-state index contributed by atoms with van der Waals surface area (Å²) in [5, 5.41) is 0. The molecule has 0 N–H and O–H groups in total. The Morgan fingerprint density at radius 3 is 1.91 bits per heavy atom. The van der Waals surface area contributed by atoms with Crippen LogP contribution in [0.1, 0.15) is 114 Å².